The zero-order valence-corrected chi connectivity index (χ0v) is 16.0. The first-order valence-corrected chi connectivity index (χ1v) is 9.67. The minimum Gasteiger partial charge on any atom is -0.452 e. The van der Waals surface area contributed by atoms with Crippen molar-refractivity contribution in [1.82, 2.24) is 5.32 Å². The van der Waals surface area contributed by atoms with E-state index in [1.165, 1.54) is 6.42 Å². The van der Waals surface area contributed by atoms with Gasteiger partial charge in [0, 0.05) is 6.04 Å². The van der Waals surface area contributed by atoms with Crippen LogP contribution >= 0.6 is 0 Å². The third-order valence-corrected chi connectivity index (χ3v) is 5.62. The lowest BCUT2D eigenvalue weighted by Gasteiger charge is -2.34. The number of hydrogen-bond acceptors (Lipinski definition) is 3. The zero-order valence-electron chi connectivity index (χ0n) is 16.0. The first-order valence-electron chi connectivity index (χ1n) is 9.67. The summed E-state index contributed by atoms with van der Waals surface area (Å²) in [6.45, 7) is 4.15. The van der Waals surface area contributed by atoms with Crippen molar-refractivity contribution in [2.24, 2.45) is 11.8 Å². The smallest absolute Gasteiger partial charge is 0.339 e. The second-order valence-corrected chi connectivity index (χ2v) is 7.43. The fraction of sp³-hybridized carbons (Fsp3) is 0.391. The summed E-state index contributed by atoms with van der Waals surface area (Å²) in [5.74, 6) is 0.336. The van der Waals surface area contributed by atoms with E-state index in [1.807, 2.05) is 42.5 Å². The van der Waals surface area contributed by atoms with E-state index in [4.69, 9.17) is 4.74 Å². The van der Waals surface area contributed by atoms with Gasteiger partial charge >= 0.3 is 5.97 Å². The molecule has 1 N–H and O–H groups in total. The Morgan fingerprint density at radius 3 is 2.48 bits per heavy atom. The Hall–Kier alpha value is -2.62. The maximum atomic E-state index is 12.5. The Morgan fingerprint density at radius 2 is 1.70 bits per heavy atom. The van der Waals surface area contributed by atoms with Crippen LogP contribution in [0.2, 0.25) is 0 Å². The van der Waals surface area contributed by atoms with Gasteiger partial charge < -0.3 is 10.1 Å². The molecule has 0 radical (unpaired) electrons. The van der Waals surface area contributed by atoms with E-state index in [-0.39, 0.29) is 18.6 Å². The van der Waals surface area contributed by atoms with Crippen LogP contribution in [-0.4, -0.2) is 24.5 Å². The van der Waals surface area contributed by atoms with Gasteiger partial charge in [0.2, 0.25) is 0 Å². The van der Waals surface area contributed by atoms with Gasteiger partial charge in [-0.1, -0.05) is 75.2 Å². The molecule has 0 saturated heterocycles. The average Bonchev–Trinajstić information content (AvgIpc) is 2.70. The standard InChI is InChI=1S/C23H27NO3/c1-16-9-8-14-21(17(16)2)24-22(25)15-27-23(26)20-13-7-6-12-19(20)18-10-4-3-5-11-18/h3-7,10-13,16-17,21H,8-9,14-15H2,1-2H3,(H,24,25)/t16-,17+,21-/m0/s1. The van der Waals surface area contributed by atoms with E-state index in [0.717, 1.165) is 24.0 Å². The van der Waals surface area contributed by atoms with Crippen LogP contribution in [0, 0.1) is 11.8 Å². The summed E-state index contributed by atoms with van der Waals surface area (Å²) in [5.41, 5.74) is 2.22. The van der Waals surface area contributed by atoms with E-state index >= 15 is 0 Å². The predicted octanol–water partition coefficient (Wildman–Crippen LogP) is 4.45. The number of rotatable bonds is 5. The molecule has 0 aliphatic heterocycles. The van der Waals surface area contributed by atoms with Gasteiger partial charge in [-0.2, -0.15) is 0 Å². The van der Waals surface area contributed by atoms with Crippen LogP contribution < -0.4 is 5.32 Å². The van der Waals surface area contributed by atoms with Crippen molar-refractivity contribution in [2.45, 2.75) is 39.2 Å². The maximum absolute atomic E-state index is 12.5. The minimum absolute atomic E-state index is 0.163. The molecular weight excluding hydrogens is 338 g/mol. The van der Waals surface area contributed by atoms with Gasteiger partial charge in [-0.3, -0.25) is 4.79 Å². The molecule has 0 bridgehead atoms. The Balaban J connectivity index is 1.61. The van der Waals surface area contributed by atoms with Crippen molar-refractivity contribution in [3.8, 4) is 11.1 Å². The number of nitrogens with one attached hydrogen (secondary N) is 1. The van der Waals surface area contributed by atoms with E-state index in [1.54, 1.807) is 12.1 Å². The molecule has 4 nitrogen and oxygen atoms in total. The number of amides is 1. The molecule has 0 unspecified atom stereocenters. The summed E-state index contributed by atoms with van der Waals surface area (Å²) in [6.07, 6.45) is 3.32. The molecule has 2 aromatic carbocycles. The highest BCUT2D eigenvalue weighted by atomic mass is 16.5. The van der Waals surface area contributed by atoms with Crippen molar-refractivity contribution in [2.75, 3.05) is 6.61 Å². The number of benzene rings is 2. The SMILES string of the molecule is C[C@H]1[C@@H](NC(=O)COC(=O)c2ccccc2-c2ccccc2)CCC[C@@H]1C. The Kier molecular flexibility index (Phi) is 6.28. The number of ether oxygens (including phenoxy) is 1. The molecule has 0 aromatic heterocycles. The Morgan fingerprint density at radius 1 is 1.00 bits per heavy atom. The molecular formula is C23H27NO3. The quantitative estimate of drug-likeness (QED) is 0.797. The molecule has 4 heteroatoms. The molecule has 142 valence electrons. The average molecular weight is 365 g/mol. The van der Waals surface area contributed by atoms with Crippen LogP contribution in [0.4, 0.5) is 0 Å². The first kappa shape index (κ1) is 19.2. The fourth-order valence-electron chi connectivity index (χ4n) is 3.77. The largest absolute Gasteiger partial charge is 0.452 e. The monoisotopic (exact) mass is 365 g/mol. The molecule has 0 spiro atoms. The third-order valence-electron chi connectivity index (χ3n) is 5.62. The number of carbonyl (C=O) groups is 2. The molecule has 0 heterocycles. The highest BCUT2D eigenvalue weighted by molar-refractivity contribution is 5.98. The maximum Gasteiger partial charge on any atom is 0.339 e. The summed E-state index contributed by atoms with van der Waals surface area (Å²) in [7, 11) is 0. The van der Waals surface area contributed by atoms with Crippen molar-refractivity contribution in [3.63, 3.8) is 0 Å². The number of esters is 1. The lowest BCUT2D eigenvalue weighted by Crippen LogP contribution is -2.45. The van der Waals surface area contributed by atoms with E-state index in [2.05, 4.69) is 19.2 Å². The summed E-state index contributed by atoms with van der Waals surface area (Å²) in [6, 6.07) is 17.2. The Bertz CT molecular complexity index is 787. The number of carbonyl (C=O) groups excluding carboxylic acids is 2. The second-order valence-electron chi connectivity index (χ2n) is 7.43. The van der Waals surface area contributed by atoms with Gasteiger partial charge in [-0.15, -0.1) is 0 Å². The molecule has 3 rings (SSSR count). The molecule has 1 amide bonds. The van der Waals surface area contributed by atoms with Crippen LogP contribution in [0.3, 0.4) is 0 Å². The van der Waals surface area contributed by atoms with Crippen LogP contribution in [0.5, 0.6) is 0 Å². The van der Waals surface area contributed by atoms with Gasteiger partial charge in [0.05, 0.1) is 5.56 Å². The van der Waals surface area contributed by atoms with Crippen molar-refractivity contribution >= 4 is 11.9 Å². The minimum atomic E-state index is -0.477. The molecule has 1 aliphatic carbocycles. The van der Waals surface area contributed by atoms with Gasteiger partial charge in [-0.25, -0.2) is 4.79 Å². The molecule has 2 aromatic rings. The van der Waals surface area contributed by atoms with Crippen LogP contribution in [0.1, 0.15) is 43.5 Å². The molecule has 1 saturated carbocycles. The molecule has 3 atom stereocenters. The summed E-state index contributed by atoms with van der Waals surface area (Å²) >= 11 is 0. The summed E-state index contributed by atoms with van der Waals surface area (Å²) in [5, 5.41) is 3.04. The second kappa shape index (κ2) is 8.85. The predicted molar refractivity (Wildman–Crippen MR) is 106 cm³/mol. The van der Waals surface area contributed by atoms with Gasteiger partial charge in [-0.05, 0) is 35.4 Å². The highest BCUT2D eigenvalue weighted by Crippen LogP contribution is 2.29. The van der Waals surface area contributed by atoms with E-state index in [9.17, 15) is 9.59 Å². The summed E-state index contributed by atoms with van der Waals surface area (Å²) < 4.78 is 5.30. The van der Waals surface area contributed by atoms with Crippen molar-refractivity contribution < 1.29 is 14.3 Å². The Labute approximate surface area is 160 Å². The molecule has 27 heavy (non-hydrogen) atoms. The van der Waals surface area contributed by atoms with Crippen LogP contribution in [0.15, 0.2) is 54.6 Å². The molecule has 1 aliphatic rings. The van der Waals surface area contributed by atoms with Crippen molar-refractivity contribution in [3.05, 3.63) is 60.2 Å². The van der Waals surface area contributed by atoms with Crippen molar-refractivity contribution in [1.29, 1.82) is 0 Å². The molecule has 1 fully saturated rings. The van der Waals surface area contributed by atoms with Gasteiger partial charge in [0.15, 0.2) is 6.61 Å². The fourth-order valence-corrected chi connectivity index (χ4v) is 3.77. The van der Waals surface area contributed by atoms with Gasteiger partial charge in [0.1, 0.15) is 0 Å². The van der Waals surface area contributed by atoms with Crippen LogP contribution in [-0.2, 0) is 9.53 Å². The third kappa shape index (κ3) is 4.76. The summed E-state index contributed by atoms with van der Waals surface area (Å²) in [4.78, 5) is 24.8. The van der Waals surface area contributed by atoms with Gasteiger partial charge in [0.25, 0.3) is 5.91 Å². The topological polar surface area (TPSA) is 55.4 Å². The zero-order chi connectivity index (χ0) is 19.2. The van der Waals surface area contributed by atoms with Crippen LogP contribution in [0.25, 0.3) is 11.1 Å². The highest BCUT2D eigenvalue weighted by Gasteiger charge is 2.28. The first-order chi connectivity index (χ1) is 13.1. The normalized spacial score (nSPS) is 22.1. The number of hydrogen-bond donors (Lipinski definition) is 1. The van der Waals surface area contributed by atoms with E-state index in [0.29, 0.717) is 17.4 Å². The van der Waals surface area contributed by atoms with E-state index < -0.39 is 5.97 Å². The lowest BCUT2D eigenvalue weighted by molar-refractivity contribution is -0.125. The lowest BCUT2D eigenvalue weighted by atomic mass is 9.78.